The zero-order chi connectivity index (χ0) is 16.3. The first-order chi connectivity index (χ1) is 10.4. The maximum Gasteiger partial charge on any atom is 0.253 e. The van der Waals surface area contributed by atoms with Gasteiger partial charge in [0.25, 0.3) is 5.91 Å². The van der Waals surface area contributed by atoms with Crippen LogP contribution in [-0.2, 0) is 11.2 Å². The first kappa shape index (κ1) is 16.8. The highest BCUT2D eigenvalue weighted by molar-refractivity contribution is 6.34. The summed E-state index contributed by atoms with van der Waals surface area (Å²) in [5, 5.41) is 17.3. The van der Waals surface area contributed by atoms with Crippen molar-refractivity contribution >= 4 is 29.1 Å². The van der Waals surface area contributed by atoms with Crippen LogP contribution in [0.3, 0.4) is 0 Å². The fourth-order valence-electron chi connectivity index (χ4n) is 2.15. The molecule has 0 saturated heterocycles. The molecule has 1 heterocycles. The number of benzene rings is 1. The first-order valence-corrected chi connectivity index (χ1v) is 7.47. The Morgan fingerprint density at radius 3 is 2.50 bits per heavy atom. The number of rotatable bonds is 5. The summed E-state index contributed by atoms with van der Waals surface area (Å²) < 4.78 is 5.05. The molecule has 1 atom stereocenters. The van der Waals surface area contributed by atoms with Gasteiger partial charge in [0.05, 0.1) is 5.69 Å². The standard InChI is InChI=1S/C15H16Cl2N2O3/c1-8-13(9(2)22-19-8)3-4-18-15(21)14(20)10-5-11(16)7-12(17)6-10/h5-7,14,20H,3-4H2,1-2H3,(H,18,21). The predicted molar refractivity (Wildman–Crippen MR) is 84.1 cm³/mol. The van der Waals surface area contributed by atoms with E-state index in [1.54, 1.807) is 0 Å². The fourth-order valence-corrected chi connectivity index (χ4v) is 2.69. The van der Waals surface area contributed by atoms with Crippen LogP contribution in [0.25, 0.3) is 0 Å². The van der Waals surface area contributed by atoms with Crippen molar-refractivity contribution in [1.29, 1.82) is 0 Å². The maximum atomic E-state index is 12.0. The van der Waals surface area contributed by atoms with Crippen molar-refractivity contribution < 1.29 is 14.4 Å². The summed E-state index contributed by atoms with van der Waals surface area (Å²) in [7, 11) is 0. The van der Waals surface area contributed by atoms with Crippen molar-refractivity contribution in [1.82, 2.24) is 10.5 Å². The SMILES string of the molecule is Cc1noc(C)c1CCNC(=O)C(O)c1cc(Cl)cc(Cl)c1. The van der Waals surface area contributed by atoms with Gasteiger partial charge in [-0.1, -0.05) is 28.4 Å². The predicted octanol–water partition coefficient (Wildman–Crippen LogP) is 2.99. The Balaban J connectivity index is 1.94. The van der Waals surface area contributed by atoms with Gasteiger partial charge in [-0.2, -0.15) is 0 Å². The van der Waals surface area contributed by atoms with Gasteiger partial charge in [0, 0.05) is 22.2 Å². The van der Waals surface area contributed by atoms with E-state index < -0.39 is 12.0 Å². The second kappa shape index (κ2) is 7.13. The van der Waals surface area contributed by atoms with Crippen LogP contribution in [0.15, 0.2) is 22.7 Å². The first-order valence-electron chi connectivity index (χ1n) is 6.72. The van der Waals surface area contributed by atoms with Gasteiger partial charge in [0.15, 0.2) is 6.10 Å². The third-order valence-corrected chi connectivity index (χ3v) is 3.74. The van der Waals surface area contributed by atoms with E-state index in [1.807, 2.05) is 13.8 Å². The van der Waals surface area contributed by atoms with Crippen molar-refractivity contribution in [3.63, 3.8) is 0 Å². The lowest BCUT2D eigenvalue weighted by Gasteiger charge is -2.12. The van der Waals surface area contributed by atoms with E-state index in [2.05, 4.69) is 10.5 Å². The molecule has 0 fully saturated rings. The summed E-state index contributed by atoms with van der Waals surface area (Å²) in [4.78, 5) is 12.0. The molecule has 0 saturated carbocycles. The Morgan fingerprint density at radius 1 is 1.32 bits per heavy atom. The highest BCUT2D eigenvalue weighted by atomic mass is 35.5. The molecule has 1 aromatic heterocycles. The van der Waals surface area contributed by atoms with Gasteiger partial charge in [0.1, 0.15) is 5.76 Å². The molecule has 1 amide bonds. The highest BCUT2D eigenvalue weighted by Crippen LogP contribution is 2.23. The van der Waals surface area contributed by atoms with Gasteiger partial charge in [-0.15, -0.1) is 0 Å². The summed E-state index contributed by atoms with van der Waals surface area (Å²) in [5.41, 5.74) is 2.11. The Morgan fingerprint density at radius 2 is 1.95 bits per heavy atom. The second-order valence-corrected chi connectivity index (χ2v) is 5.82. The summed E-state index contributed by atoms with van der Waals surface area (Å²) in [6, 6.07) is 4.55. The number of carbonyl (C=O) groups is 1. The smallest absolute Gasteiger partial charge is 0.253 e. The van der Waals surface area contributed by atoms with Gasteiger partial charge in [-0.25, -0.2) is 0 Å². The molecule has 7 heteroatoms. The molecule has 2 N–H and O–H groups in total. The summed E-state index contributed by atoms with van der Waals surface area (Å²) in [6.07, 6.45) is -0.739. The number of aliphatic hydroxyl groups excluding tert-OH is 1. The van der Waals surface area contributed by atoms with Crippen LogP contribution in [0.4, 0.5) is 0 Å². The van der Waals surface area contributed by atoms with Crippen molar-refractivity contribution in [3.05, 3.63) is 50.8 Å². The summed E-state index contributed by atoms with van der Waals surface area (Å²) >= 11 is 11.7. The Bertz CT molecular complexity index is 646. The highest BCUT2D eigenvalue weighted by Gasteiger charge is 2.18. The van der Waals surface area contributed by atoms with E-state index in [4.69, 9.17) is 27.7 Å². The van der Waals surface area contributed by atoms with E-state index in [1.165, 1.54) is 18.2 Å². The zero-order valence-corrected chi connectivity index (χ0v) is 13.7. The van der Waals surface area contributed by atoms with E-state index in [0.29, 0.717) is 28.6 Å². The molecule has 0 aliphatic rings. The van der Waals surface area contributed by atoms with Crippen LogP contribution in [0, 0.1) is 13.8 Å². The van der Waals surface area contributed by atoms with E-state index in [9.17, 15) is 9.90 Å². The molecule has 2 aromatic rings. The van der Waals surface area contributed by atoms with E-state index in [0.717, 1.165) is 17.0 Å². The topological polar surface area (TPSA) is 75.4 Å². The fraction of sp³-hybridized carbons (Fsp3) is 0.333. The third kappa shape index (κ3) is 4.00. The Hall–Kier alpha value is -1.56. The lowest BCUT2D eigenvalue weighted by Crippen LogP contribution is -2.31. The number of nitrogens with one attached hydrogen (secondary N) is 1. The maximum absolute atomic E-state index is 12.0. The van der Waals surface area contributed by atoms with Crippen molar-refractivity contribution in [2.24, 2.45) is 0 Å². The number of hydrogen-bond acceptors (Lipinski definition) is 4. The minimum Gasteiger partial charge on any atom is -0.378 e. The van der Waals surface area contributed by atoms with Crippen molar-refractivity contribution in [2.75, 3.05) is 6.54 Å². The monoisotopic (exact) mass is 342 g/mol. The van der Waals surface area contributed by atoms with Crippen LogP contribution < -0.4 is 5.32 Å². The van der Waals surface area contributed by atoms with Gasteiger partial charge < -0.3 is 14.9 Å². The quantitative estimate of drug-likeness (QED) is 0.875. The van der Waals surface area contributed by atoms with Crippen LogP contribution in [0.1, 0.15) is 28.7 Å². The number of aromatic nitrogens is 1. The average molecular weight is 343 g/mol. The van der Waals surface area contributed by atoms with Gasteiger partial charge in [-0.05, 0) is 44.0 Å². The second-order valence-electron chi connectivity index (χ2n) is 4.95. The molecule has 0 bridgehead atoms. The minimum atomic E-state index is -1.32. The Kier molecular flexibility index (Phi) is 5.45. The number of aryl methyl sites for hydroxylation is 2. The number of nitrogens with zero attached hydrogens (tertiary/aromatic N) is 1. The lowest BCUT2D eigenvalue weighted by atomic mass is 10.1. The molecule has 5 nitrogen and oxygen atoms in total. The molecule has 118 valence electrons. The van der Waals surface area contributed by atoms with Crippen LogP contribution in [-0.4, -0.2) is 22.7 Å². The molecule has 1 unspecified atom stereocenters. The number of halogens is 2. The largest absolute Gasteiger partial charge is 0.378 e. The van der Waals surface area contributed by atoms with Crippen LogP contribution >= 0.6 is 23.2 Å². The molecule has 0 aliphatic carbocycles. The normalized spacial score (nSPS) is 12.2. The van der Waals surface area contributed by atoms with Crippen molar-refractivity contribution in [2.45, 2.75) is 26.4 Å². The molecule has 0 radical (unpaired) electrons. The number of aliphatic hydroxyl groups is 1. The molecular weight excluding hydrogens is 327 g/mol. The van der Waals surface area contributed by atoms with E-state index in [-0.39, 0.29) is 0 Å². The molecular formula is C15H16Cl2N2O3. The number of carbonyl (C=O) groups excluding carboxylic acids is 1. The summed E-state index contributed by atoms with van der Waals surface area (Å²) in [5.74, 6) is 0.221. The lowest BCUT2D eigenvalue weighted by molar-refractivity contribution is -0.129. The summed E-state index contributed by atoms with van der Waals surface area (Å²) in [6.45, 7) is 4.03. The Labute approximate surface area is 138 Å². The molecule has 0 aliphatic heterocycles. The van der Waals surface area contributed by atoms with Gasteiger partial charge in [-0.3, -0.25) is 4.79 Å². The van der Waals surface area contributed by atoms with Crippen molar-refractivity contribution in [3.8, 4) is 0 Å². The van der Waals surface area contributed by atoms with Crippen LogP contribution in [0.5, 0.6) is 0 Å². The molecule has 0 spiro atoms. The van der Waals surface area contributed by atoms with Gasteiger partial charge in [0.2, 0.25) is 0 Å². The number of amides is 1. The zero-order valence-electron chi connectivity index (χ0n) is 12.2. The van der Waals surface area contributed by atoms with E-state index >= 15 is 0 Å². The third-order valence-electron chi connectivity index (χ3n) is 3.30. The minimum absolute atomic E-state index is 0.354. The number of hydrogen-bond donors (Lipinski definition) is 2. The van der Waals surface area contributed by atoms with Crippen LogP contribution in [0.2, 0.25) is 10.0 Å². The van der Waals surface area contributed by atoms with Gasteiger partial charge >= 0.3 is 0 Å². The molecule has 2 rings (SSSR count). The average Bonchev–Trinajstić information content (AvgIpc) is 2.77. The molecule has 22 heavy (non-hydrogen) atoms. The molecule has 1 aromatic carbocycles.